The minimum absolute atomic E-state index is 0.0186. The molecule has 0 saturated heterocycles. The molecule has 2 aromatic rings. The molecule has 2 aromatic carbocycles. The molecule has 164 valence electrons. The lowest BCUT2D eigenvalue weighted by atomic mass is 10.2. The second-order valence-electron chi connectivity index (χ2n) is 6.07. The maximum absolute atomic E-state index is 13.8. The fraction of sp³-hybridized carbons (Fsp3) is 0.381. The number of hydrogen-bond acceptors (Lipinski definition) is 4. The van der Waals surface area contributed by atoms with Gasteiger partial charge in [0.2, 0.25) is 0 Å². The topological polar surface area (TPSA) is 64.1 Å². The average molecular weight is 425 g/mol. The predicted octanol–water partition coefficient (Wildman–Crippen LogP) is 4.09. The number of aliphatic imine (C=N–C) groups is 1. The number of nitrogens with one attached hydrogen (secondary N) is 2. The maximum atomic E-state index is 13.8. The van der Waals surface area contributed by atoms with Crippen molar-refractivity contribution in [1.29, 1.82) is 0 Å². The number of halogens is 3. The Labute approximate surface area is 174 Å². The van der Waals surface area contributed by atoms with E-state index in [4.69, 9.17) is 9.47 Å². The molecule has 0 atom stereocenters. The van der Waals surface area contributed by atoms with Gasteiger partial charge in [0.05, 0.1) is 20.3 Å². The summed E-state index contributed by atoms with van der Waals surface area (Å²) in [7, 11) is 1.40. The lowest BCUT2D eigenvalue weighted by molar-refractivity contribution is -0.0520. The molecule has 0 unspecified atom stereocenters. The fourth-order valence-corrected chi connectivity index (χ4v) is 2.69. The number of ether oxygens (including phenoxy) is 3. The molecule has 0 bridgehead atoms. The first-order valence-electron chi connectivity index (χ1n) is 9.52. The van der Waals surface area contributed by atoms with Crippen LogP contribution in [-0.2, 0) is 13.1 Å². The summed E-state index contributed by atoms with van der Waals surface area (Å²) in [5.41, 5.74) is 1.15. The normalized spacial score (nSPS) is 11.4. The zero-order chi connectivity index (χ0) is 21.9. The zero-order valence-electron chi connectivity index (χ0n) is 17.2. The maximum Gasteiger partial charge on any atom is 0.387 e. The van der Waals surface area contributed by atoms with Crippen LogP contribution in [0.15, 0.2) is 41.4 Å². The van der Waals surface area contributed by atoms with Crippen LogP contribution in [0.4, 0.5) is 13.2 Å². The fourth-order valence-electron chi connectivity index (χ4n) is 2.69. The summed E-state index contributed by atoms with van der Waals surface area (Å²) < 4.78 is 54.5. The van der Waals surface area contributed by atoms with Crippen molar-refractivity contribution >= 4 is 5.96 Å². The van der Waals surface area contributed by atoms with E-state index in [0.717, 1.165) is 0 Å². The highest BCUT2D eigenvalue weighted by atomic mass is 19.3. The van der Waals surface area contributed by atoms with Crippen molar-refractivity contribution in [3.05, 3.63) is 53.3 Å². The van der Waals surface area contributed by atoms with Gasteiger partial charge in [0.15, 0.2) is 29.0 Å². The molecule has 0 radical (unpaired) electrons. The van der Waals surface area contributed by atoms with Crippen LogP contribution in [0, 0.1) is 5.82 Å². The predicted molar refractivity (Wildman–Crippen MR) is 109 cm³/mol. The first-order valence-corrected chi connectivity index (χ1v) is 9.52. The second kappa shape index (κ2) is 11.8. The van der Waals surface area contributed by atoms with E-state index in [2.05, 4.69) is 20.4 Å². The number of guanidine groups is 1. The van der Waals surface area contributed by atoms with Gasteiger partial charge in [-0.1, -0.05) is 18.2 Å². The third-order valence-electron chi connectivity index (χ3n) is 3.99. The average Bonchev–Trinajstić information content (AvgIpc) is 2.72. The van der Waals surface area contributed by atoms with E-state index in [1.807, 2.05) is 6.92 Å². The third kappa shape index (κ3) is 6.75. The van der Waals surface area contributed by atoms with E-state index < -0.39 is 12.4 Å². The highest BCUT2D eigenvalue weighted by Gasteiger charge is 2.16. The zero-order valence-corrected chi connectivity index (χ0v) is 17.2. The number of nitrogens with zero attached hydrogens (tertiary/aromatic N) is 1. The van der Waals surface area contributed by atoms with Gasteiger partial charge >= 0.3 is 6.61 Å². The van der Waals surface area contributed by atoms with Crippen LogP contribution in [0.25, 0.3) is 0 Å². The molecule has 0 fully saturated rings. The first kappa shape index (κ1) is 23.2. The number of methoxy groups -OCH3 is 1. The van der Waals surface area contributed by atoms with Crippen molar-refractivity contribution in [1.82, 2.24) is 10.6 Å². The minimum Gasteiger partial charge on any atom is -0.494 e. The molecule has 0 saturated carbocycles. The van der Waals surface area contributed by atoms with E-state index in [1.54, 1.807) is 31.2 Å². The van der Waals surface area contributed by atoms with Crippen molar-refractivity contribution in [3.63, 3.8) is 0 Å². The van der Waals surface area contributed by atoms with E-state index in [0.29, 0.717) is 30.2 Å². The van der Waals surface area contributed by atoms with Crippen molar-refractivity contribution < 1.29 is 27.4 Å². The van der Waals surface area contributed by atoms with Gasteiger partial charge in [0, 0.05) is 18.7 Å². The highest BCUT2D eigenvalue weighted by molar-refractivity contribution is 5.79. The minimum atomic E-state index is -2.97. The van der Waals surface area contributed by atoms with Gasteiger partial charge in [-0.3, -0.25) is 0 Å². The molecule has 0 spiro atoms. The Morgan fingerprint density at radius 1 is 1.10 bits per heavy atom. The molecule has 0 aromatic heterocycles. The molecular weight excluding hydrogens is 399 g/mol. The summed E-state index contributed by atoms with van der Waals surface area (Å²) in [6, 6.07) is 9.54. The van der Waals surface area contributed by atoms with Crippen LogP contribution in [0.3, 0.4) is 0 Å². The number of para-hydroxylation sites is 1. The van der Waals surface area contributed by atoms with Gasteiger partial charge in [-0.25, -0.2) is 9.38 Å². The molecule has 0 aliphatic carbocycles. The Kier molecular flexibility index (Phi) is 9.11. The molecule has 6 nitrogen and oxygen atoms in total. The molecule has 0 aliphatic rings. The van der Waals surface area contributed by atoms with Gasteiger partial charge in [-0.05, 0) is 37.6 Å². The van der Waals surface area contributed by atoms with Crippen LogP contribution < -0.4 is 24.8 Å². The summed E-state index contributed by atoms with van der Waals surface area (Å²) in [5.74, 6) is 0.361. The van der Waals surface area contributed by atoms with Crippen LogP contribution >= 0.6 is 0 Å². The highest BCUT2D eigenvalue weighted by Crippen LogP contribution is 2.32. The van der Waals surface area contributed by atoms with Crippen LogP contribution in [-0.4, -0.2) is 32.8 Å². The molecule has 2 rings (SSSR count). The Bertz CT molecular complexity index is 847. The second-order valence-corrected chi connectivity index (χ2v) is 6.07. The lowest BCUT2D eigenvalue weighted by Crippen LogP contribution is -2.36. The van der Waals surface area contributed by atoms with E-state index in [-0.39, 0.29) is 30.3 Å². The summed E-state index contributed by atoms with van der Waals surface area (Å²) in [4.78, 5) is 4.41. The van der Waals surface area contributed by atoms with Crippen LogP contribution in [0.2, 0.25) is 0 Å². The van der Waals surface area contributed by atoms with Crippen molar-refractivity contribution in [2.75, 3.05) is 20.3 Å². The summed E-state index contributed by atoms with van der Waals surface area (Å²) in [6.45, 7) is 1.97. The molecule has 0 amide bonds. The van der Waals surface area contributed by atoms with Gasteiger partial charge in [-0.2, -0.15) is 8.78 Å². The SMILES string of the molecule is CCNC(=NCc1ccc(OC)c(F)c1)NCc1cccc(OCC)c1OC(F)F. The molecule has 30 heavy (non-hydrogen) atoms. The quantitative estimate of drug-likeness (QED) is 0.444. The van der Waals surface area contributed by atoms with Gasteiger partial charge < -0.3 is 24.8 Å². The largest absolute Gasteiger partial charge is 0.494 e. The Morgan fingerprint density at radius 2 is 1.90 bits per heavy atom. The summed E-state index contributed by atoms with van der Waals surface area (Å²) in [5, 5.41) is 6.13. The summed E-state index contributed by atoms with van der Waals surface area (Å²) in [6.07, 6.45) is 0. The number of alkyl halides is 2. The van der Waals surface area contributed by atoms with E-state index in [9.17, 15) is 13.2 Å². The lowest BCUT2D eigenvalue weighted by Gasteiger charge is -2.17. The molecule has 9 heteroatoms. The Balaban J connectivity index is 2.14. The molecule has 2 N–H and O–H groups in total. The first-order chi connectivity index (χ1) is 14.5. The molecular formula is C21H26F3N3O3. The summed E-state index contributed by atoms with van der Waals surface area (Å²) >= 11 is 0. The standard InChI is InChI=1S/C21H26F3N3O3/c1-4-25-21(26-12-14-9-10-17(28-3)16(22)11-14)27-13-15-7-6-8-18(29-5-2)19(15)30-20(23)24/h6-11,20H,4-5,12-13H2,1-3H3,(H2,25,26,27). The van der Waals surface area contributed by atoms with Crippen LogP contribution in [0.1, 0.15) is 25.0 Å². The van der Waals surface area contributed by atoms with Crippen molar-refractivity contribution in [2.24, 2.45) is 4.99 Å². The van der Waals surface area contributed by atoms with Gasteiger partial charge in [0.1, 0.15) is 0 Å². The number of hydrogen-bond donors (Lipinski definition) is 2. The number of rotatable bonds is 10. The number of benzene rings is 2. The smallest absolute Gasteiger partial charge is 0.387 e. The van der Waals surface area contributed by atoms with E-state index >= 15 is 0 Å². The van der Waals surface area contributed by atoms with Gasteiger partial charge in [0.25, 0.3) is 0 Å². The Morgan fingerprint density at radius 3 is 2.53 bits per heavy atom. The Hall–Kier alpha value is -3.10. The van der Waals surface area contributed by atoms with E-state index in [1.165, 1.54) is 19.2 Å². The monoisotopic (exact) mass is 425 g/mol. The third-order valence-corrected chi connectivity index (χ3v) is 3.99. The van der Waals surface area contributed by atoms with Crippen LogP contribution in [0.5, 0.6) is 17.2 Å². The molecule has 0 heterocycles. The van der Waals surface area contributed by atoms with Crippen molar-refractivity contribution in [2.45, 2.75) is 33.5 Å². The molecule has 0 aliphatic heterocycles. The van der Waals surface area contributed by atoms with Crippen molar-refractivity contribution in [3.8, 4) is 17.2 Å². The van der Waals surface area contributed by atoms with Gasteiger partial charge in [-0.15, -0.1) is 0 Å².